The number of benzene rings is 1. The second-order valence-electron chi connectivity index (χ2n) is 6.71. The van der Waals surface area contributed by atoms with E-state index < -0.39 is 17.5 Å². The van der Waals surface area contributed by atoms with Crippen molar-refractivity contribution >= 4 is 73.5 Å². The largest absolute Gasteiger partial charge is 0.319 e. The summed E-state index contributed by atoms with van der Waals surface area (Å²) < 4.78 is 29.0. The number of halogens is 3. The summed E-state index contributed by atoms with van der Waals surface area (Å²) in [6.45, 7) is 1.64. The molecule has 1 amide bonds. The van der Waals surface area contributed by atoms with Gasteiger partial charge in [-0.1, -0.05) is 23.4 Å². The van der Waals surface area contributed by atoms with Crippen molar-refractivity contribution in [1.82, 2.24) is 9.66 Å². The third-order valence-electron chi connectivity index (χ3n) is 4.67. The SMILES string of the molecule is Cc1c(C(=O)Nc2ccc(F)cc2F)sc2nc3n(c(=O)c12)NC(c1ccc(Cl)s1)=CS3. The minimum absolute atomic E-state index is 0.155. The van der Waals surface area contributed by atoms with Crippen LogP contribution in [-0.4, -0.2) is 15.6 Å². The number of aryl methyl sites for hydroxylation is 1. The van der Waals surface area contributed by atoms with Crippen molar-refractivity contribution in [2.24, 2.45) is 0 Å². The van der Waals surface area contributed by atoms with Crippen molar-refractivity contribution in [2.45, 2.75) is 12.1 Å². The molecule has 1 aromatic carbocycles. The van der Waals surface area contributed by atoms with E-state index in [1.165, 1.54) is 27.8 Å². The Kier molecular flexibility index (Phi) is 5.28. The molecule has 0 fully saturated rings. The molecule has 4 heterocycles. The zero-order valence-corrected chi connectivity index (χ0v) is 19.2. The molecule has 0 bridgehead atoms. The van der Waals surface area contributed by atoms with Crippen LogP contribution in [0.5, 0.6) is 0 Å². The Morgan fingerprint density at radius 1 is 1.22 bits per heavy atom. The number of hydrogen-bond donors (Lipinski definition) is 2. The monoisotopic (exact) mass is 508 g/mol. The van der Waals surface area contributed by atoms with Crippen molar-refractivity contribution in [1.29, 1.82) is 0 Å². The Hall–Kier alpha value is -2.73. The van der Waals surface area contributed by atoms with E-state index >= 15 is 0 Å². The molecule has 32 heavy (non-hydrogen) atoms. The molecule has 162 valence electrons. The number of thiophene rings is 2. The summed E-state index contributed by atoms with van der Waals surface area (Å²) >= 11 is 9.70. The van der Waals surface area contributed by atoms with Gasteiger partial charge in [-0.05, 0) is 36.8 Å². The first-order valence-electron chi connectivity index (χ1n) is 9.04. The molecule has 12 heteroatoms. The van der Waals surface area contributed by atoms with Crippen molar-refractivity contribution in [3.8, 4) is 0 Å². The maximum Gasteiger partial charge on any atom is 0.282 e. The molecule has 0 radical (unpaired) electrons. The maximum atomic E-state index is 13.9. The summed E-state index contributed by atoms with van der Waals surface area (Å²) in [5.41, 5.74) is 3.69. The van der Waals surface area contributed by atoms with Crippen LogP contribution < -0.4 is 16.3 Å². The van der Waals surface area contributed by atoms with Crippen LogP contribution in [0.25, 0.3) is 15.9 Å². The highest BCUT2D eigenvalue weighted by Crippen LogP contribution is 2.35. The molecular weight excluding hydrogens is 498 g/mol. The van der Waals surface area contributed by atoms with Crippen molar-refractivity contribution in [3.63, 3.8) is 0 Å². The van der Waals surface area contributed by atoms with Crippen LogP contribution in [-0.2, 0) is 0 Å². The van der Waals surface area contributed by atoms with Gasteiger partial charge in [-0.2, -0.15) is 4.68 Å². The van der Waals surface area contributed by atoms with Gasteiger partial charge in [0.2, 0.25) is 0 Å². The second kappa shape index (κ2) is 8.00. The van der Waals surface area contributed by atoms with Crippen LogP contribution in [0.1, 0.15) is 20.1 Å². The number of anilines is 1. The first-order valence-corrected chi connectivity index (χ1v) is 11.9. The van der Waals surface area contributed by atoms with Gasteiger partial charge in [-0.25, -0.2) is 13.8 Å². The maximum absolute atomic E-state index is 13.9. The zero-order chi connectivity index (χ0) is 22.6. The highest BCUT2D eigenvalue weighted by Gasteiger charge is 2.24. The molecule has 1 aliphatic heterocycles. The van der Waals surface area contributed by atoms with Crippen molar-refractivity contribution < 1.29 is 13.6 Å². The van der Waals surface area contributed by atoms with E-state index in [2.05, 4.69) is 15.7 Å². The molecule has 0 unspecified atom stereocenters. The Morgan fingerprint density at radius 3 is 2.75 bits per heavy atom. The number of nitrogens with zero attached hydrogens (tertiary/aromatic N) is 2. The van der Waals surface area contributed by atoms with E-state index in [0.29, 0.717) is 37.0 Å². The third-order valence-corrected chi connectivity index (χ3v) is 7.96. The first kappa shape index (κ1) is 21.1. The van der Waals surface area contributed by atoms with Crippen molar-refractivity contribution in [2.75, 3.05) is 10.7 Å². The minimum atomic E-state index is -0.890. The smallest absolute Gasteiger partial charge is 0.282 e. The highest BCUT2D eigenvalue weighted by molar-refractivity contribution is 8.02. The van der Waals surface area contributed by atoms with Gasteiger partial charge in [0.15, 0.2) is 5.16 Å². The van der Waals surface area contributed by atoms with Crippen LogP contribution >= 0.6 is 46.0 Å². The Morgan fingerprint density at radius 2 is 2.03 bits per heavy atom. The molecule has 0 aliphatic carbocycles. The van der Waals surface area contributed by atoms with E-state index in [0.717, 1.165) is 28.3 Å². The average molecular weight is 509 g/mol. The Balaban J connectivity index is 1.52. The summed E-state index contributed by atoms with van der Waals surface area (Å²) in [4.78, 5) is 32.0. The number of rotatable bonds is 3. The molecule has 0 saturated carbocycles. The van der Waals surface area contributed by atoms with Gasteiger partial charge in [-0.3, -0.25) is 15.0 Å². The molecule has 0 atom stereocenters. The van der Waals surface area contributed by atoms with Gasteiger partial charge < -0.3 is 5.32 Å². The summed E-state index contributed by atoms with van der Waals surface area (Å²) in [5.74, 6) is -2.24. The van der Waals surface area contributed by atoms with Gasteiger partial charge in [0.05, 0.1) is 30.9 Å². The Labute approximate surface area is 196 Å². The van der Waals surface area contributed by atoms with Crippen LogP contribution in [0, 0.1) is 18.6 Å². The predicted molar refractivity (Wildman–Crippen MR) is 125 cm³/mol. The highest BCUT2D eigenvalue weighted by atomic mass is 35.5. The normalized spacial score (nSPS) is 12.9. The topological polar surface area (TPSA) is 76.0 Å². The number of amides is 1. The second-order valence-corrected chi connectivity index (χ2v) is 10.3. The number of hydrogen-bond acceptors (Lipinski definition) is 7. The lowest BCUT2D eigenvalue weighted by molar-refractivity contribution is 0.102. The van der Waals surface area contributed by atoms with Gasteiger partial charge >= 0.3 is 0 Å². The summed E-state index contributed by atoms with van der Waals surface area (Å²) in [6, 6.07) is 6.49. The van der Waals surface area contributed by atoms with E-state index in [4.69, 9.17) is 11.6 Å². The van der Waals surface area contributed by atoms with Gasteiger partial charge in [0.1, 0.15) is 16.5 Å². The lowest BCUT2D eigenvalue weighted by atomic mass is 10.2. The van der Waals surface area contributed by atoms with E-state index in [1.54, 1.807) is 13.0 Å². The average Bonchev–Trinajstić information content (AvgIpc) is 3.33. The fraction of sp³-hybridized carbons (Fsp3) is 0.0500. The van der Waals surface area contributed by atoms with E-state index in [-0.39, 0.29) is 16.1 Å². The van der Waals surface area contributed by atoms with Crippen LogP contribution in [0.15, 0.2) is 45.7 Å². The standard InChI is InChI=1S/C20H11ClF2N4O2S3/c1-8-15-18(32-16(8)17(28)24-11-3-2-9(22)6-10(11)23)25-20-27(19(15)29)26-12(7-30-20)13-4-5-14(21)31-13/h2-7,26H,1H3,(H,24,28). The molecule has 0 saturated heterocycles. The quantitative estimate of drug-likeness (QED) is 0.349. The van der Waals surface area contributed by atoms with Gasteiger partial charge in [-0.15, -0.1) is 22.7 Å². The number of thioether (sulfide) groups is 1. The number of carbonyl (C=O) groups excluding carboxylic acids is 1. The minimum Gasteiger partial charge on any atom is -0.319 e. The van der Waals surface area contributed by atoms with Crippen LogP contribution in [0.2, 0.25) is 4.34 Å². The molecule has 5 rings (SSSR count). The zero-order valence-electron chi connectivity index (χ0n) is 16.0. The van der Waals surface area contributed by atoms with E-state index in [9.17, 15) is 18.4 Å². The number of nitrogens with one attached hydrogen (secondary N) is 2. The van der Waals surface area contributed by atoms with E-state index in [1.807, 2.05) is 11.5 Å². The molecule has 3 aromatic heterocycles. The first-order chi connectivity index (χ1) is 15.3. The van der Waals surface area contributed by atoms with Crippen molar-refractivity contribution in [3.05, 3.63) is 77.4 Å². The van der Waals surface area contributed by atoms with Crippen LogP contribution in [0.4, 0.5) is 14.5 Å². The summed E-state index contributed by atoms with van der Waals surface area (Å²) in [7, 11) is 0. The fourth-order valence-corrected chi connectivity index (χ4v) is 6.15. The number of carbonyl (C=O) groups is 1. The molecule has 6 nitrogen and oxygen atoms in total. The van der Waals surface area contributed by atoms with Gasteiger partial charge in [0, 0.05) is 11.5 Å². The molecule has 0 spiro atoms. The lowest BCUT2D eigenvalue weighted by Gasteiger charge is -2.19. The molecule has 2 N–H and O–H groups in total. The third kappa shape index (κ3) is 3.60. The number of aromatic nitrogens is 2. The molecular formula is C20H11ClF2N4O2S3. The van der Waals surface area contributed by atoms with Crippen LogP contribution in [0.3, 0.4) is 0 Å². The Bertz CT molecular complexity index is 1510. The summed E-state index contributed by atoms with van der Waals surface area (Å²) in [5, 5.41) is 4.98. The molecule has 4 aromatic rings. The predicted octanol–water partition coefficient (Wildman–Crippen LogP) is 5.66. The van der Waals surface area contributed by atoms with Gasteiger partial charge in [0.25, 0.3) is 11.5 Å². The lowest BCUT2D eigenvalue weighted by Crippen LogP contribution is -2.32. The number of fused-ring (bicyclic) bond motifs is 2. The summed E-state index contributed by atoms with van der Waals surface area (Å²) in [6.07, 6.45) is 0. The fourth-order valence-electron chi connectivity index (χ4n) is 3.16. The molecule has 1 aliphatic rings.